The summed E-state index contributed by atoms with van der Waals surface area (Å²) in [5.74, 6) is -0.00141. The predicted octanol–water partition coefficient (Wildman–Crippen LogP) is 4.21. The van der Waals surface area contributed by atoms with E-state index in [0.29, 0.717) is 6.04 Å². The number of amides is 1. The first-order valence-corrected chi connectivity index (χ1v) is 10.6. The van der Waals surface area contributed by atoms with E-state index in [1.54, 1.807) is 12.7 Å². The molecule has 0 radical (unpaired) electrons. The molecule has 0 aliphatic heterocycles. The molecule has 1 saturated carbocycles. The largest absolute Gasteiger partial charge is 0.368 e. The van der Waals surface area contributed by atoms with Gasteiger partial charge in [0.1, 0.15) is 18.2 Å². The highest BCUT2D eigenvalue weighted by Crippen LogP contribution is 2.30. The number of aryl methyl sites for hydroxylation is 1. The Bertz CT molecular complexity index is 947. The first-order valence-electron chi connectivity index (χ1n) is 10.6. The second-order valence-electron chi connectivity index (χ2n) is 8.34. The number of nitrogens with one attached hydrogen (secondary N) is 2. The lowest BCUT2D eigenvalue weighted by Gasteiger charge is -2.35. The number of rotatable bonds is 6. The highest BCUT2D eigenvalue weighted by Gasteiger charge is 2.37. The van der Waals surface area contributed by atoms with Crippen molar-refractivity contribution < 1.29 is 4.79 Å². The number of carbonyl (C=O) groups is 1. The normalized spacial score (nSPS) is 20.9. The minimum Gasteiger partial charge on any atom is -0.368 e. The summed E-state index contributed by atoms with van der Waals surface area (Å²) in [5, 5.41) is 11.1. The Morgan fingerprint density at radius 2 is 1.73 bits per heavy atom. The van der Waals surface area contributed by atoms with E-state index < -0.39 is 5.54 Å². The first-order chi connectivity index (χ1) is 14.5. The Balaban J connectivity index is 1.48. The van der Waals surface area contributed by atoms with Gasteiger partial charge in [0, 0.05) is 11.7 Å². The fraction of sp³-hybridized carbons (Fsp3) is 0.375. The summed E-state index contributed by atoms with van der Waals surface area (Å²) in [6.45, 7) is 4.01. The molecule has 1 atom stereocenters. The molecule has 1 fully saturated rings. The van der Waals surface area contributed by atoms with Gasteiger partial charge < -0.3 is 10.6 Å². The van der Waals surface area contributed by atoms with Crippen molar-refractivity contribution in [3.8, 4) is 0 Å². The maximum Gasteiger partial charge on any atom is 0.250 e. The molecule has 2 aromatic carbocycles. The summed E-state index contributed by atoms with van der Waals surface area (Å²) < 4.78 is 1.94. The lowest BCUT2D eigenvalue weighted by molar-refractivity contribution is -0.126. The zero-order chi connectivity index (χ0) is 21.0. The summed E-state index contributed by atoms with van der Waals surface area (Å²) in [6.07, 6.45) is 7.21. The van der Waals surface area contributed by atoms with E-state index in [9.17, 15) is 4.79 Å². The van der Waals surface area contributed by atoms with Gasteiger partial charge in [-0.2, -0.15) is 5.10 Å². The molecule has 6 heteroatoms. The number of anilines is 1. The van der Waals surface area contributed by atoms with Crippen LogP contribution in [0.25, 0.3) is 0 Å². The Morgan fingerprint density at radius 1 is 1.03 bits per heavy atom. The predicted molar refractivity (Wildman–Crippen MR) is 118 cm³/mol. The third-order valence-corrected chi connectivity index (χ3v) is 6.09. The van der Waals surface area contributed by atoms with Crippen LogP contribution in [0.15, 0.2) is 67.3 Å². The highest BCUT2D eigenvalue weighted by atomic mass is 16.2. The monoisotopic (exact) mass is 403 g/mol. The fourth-order valence-electron chi connectivity index (χ4n) is 4.18. The lowest BCUT2D eigenvalue weighted by atomic mass is 9.87. The van der Waals surface area contributed by atoms with Gasteiger partial charge in [0.15, 0.2) is 0 Å². The van der Waals surface area contributed by atoms with Crippen molar-refractivity contribution in [1.29, 1.82) is 0 Å². The van der Waals surface area contributed by atoms with Gasteiger partial charge >= 0.3 is 0 Å². The van der Waals surface area contributed by atoms with E-state index in [-0.39, 0.29) is 11.9 Å². The van der Waals surface area contributed by atoms with Crippen LogP contribution in [0.1, 0.15) is 49.8 Å². The van der Waals surface area contributed by atoms with Gasteiger partial charge in [-0.15, -0.1) is 0 Å². The Hall–Kier alpha value is -3.15. The van der Waals surface area contributed by atoms with Crippen molar-refractivity contribution in [2.75, 3.05) is 5.32 Å². The second-order valence-corrected chi connectivity index (χ2v) is 8.34. The standard InChI is InChI=1S/C24H29N5O/c1-18-8-10-21(11-9-18)28-24(2,19-6-4-3-5-7-19)23(30)27-20-12-14-22(15-13-20)29-17-25-16-26-29/h3-11,16-17,20,22,28H,12-15H2,1-2H3,(H,27,30). The number of aromatic nitrogens is 3. The smallest absolute Gasteiger partial charge is 0.250 e. The van der Waals surface area contributed by atoms with E-state index in [2.05, 4.69) is 39.8 Å². The van der Waals surface area contributed by atoms with E-state index in [4.69, 9.17) is 0 Å². The van der Waals surface area contributed by atoms with Crippen molar-refractivity contribution >= 4 is 11.6 Å². The maximum atomic E-state index is 13.5. The van der Waals surface area contributed by atoms with Crippen molar-refractivity contribution in [3.63, 3.8) is 0 Å². The molecular formula is C24H29N5O. The van der Waals surface area contributed by atoms with Crippen LogP contribution in [-0.4, -0.2) is 26.7 Å². The molecule has 0 saturated heterocycles. The van der Waals surface area contributed by atoms with Crippen LogP contribution in [0.2, 0.25) is 0 Å². The van der Waals surface area contributed by atoms with Crippen molar-refractivity contribution in [3.05, 3.63) is 78.4 Å². The molecule has 1 aromatic heterocycles. The first kappa shape index (κ1) is 20.1. The molecular weight excluding hydrogens is 374 g/mol. The minimum atomic E-state index is -0.862. The van der Waals surface area contributed by atoms with Gasteiger partial charge in [-0.05, 0) is 57.2 Å². The second kappa shape index (κ2) is 8.69. The zero-order valence-corrected chi connectivity index (χ0v) is 17.6. The number of carbonyl (C=O) groups excluding carboxylic acids is 1. The molecule has 1 amide bonds. The fourth-order valence-corrected chi connectivity index (χ4v) is 4.18. The lowest BCUT2D eigenvalue weighted by Crippen LogP contribution is -2.51. The van der Waals surface area contributed by atoms with Gasteiger partial charge in [-0.25, -0.2) is 9.67 Å². The van der Waals surface area contributed by atoms with Crippen molar-refractivity contribution in [1.82, 2.24) is 20.1 Å². The van der Waals surface area contributed by atoms with E-state index >= 15 is 0 Å². The topological polar surface area (TPSA) is 71.8 Å². The molecule has 30 heavy (non-hydrogen) atoms. The van der Waals surface area contributed by atoms with Gasteiger partial charge in [0.2, 0.25) is 5.91 Å². The zero-order valence-electron chi connectivity index (χ0n) is 17.6. The maximum absolute atomic E-state index is 13.5. The van der Waals surface area contributed by atoms with Gasteiger partial charge in [-0.1, -0.05) is 48.0 Å². The molecule has 0 bridgehead atoms. The average Bonchev–Trinajstić information content (AvgIpc) is 3.31. The molecule has 156 valence electrons. The number of hydrogen-bond acceptors (Lipinski definition) is 4. The summed E-state index contributed by atoms with van der Waals surface area (Å²) in [6, 6.07) is 18.6. The Morgan fingerprint density at radius 3 is 2.37 bits per heavy atom. The van der Waals surface area contributed by atoms with E-state index in [0.717, 1.165) is 36.9 Å². The van der Waals surface area contributed by atoms with Gasteiger partial charge in [-0.3, -0.25) is 4.79 Å². The SMILES string of the molecule is Cc1ccc(NC(C)(C(=O)NC2CCC(n3cncn3)CC2)c2ccccc2)cc1. The van der Waals surface area contributed by atoms with Crippen LogP contribution in [0.4, 0.5) is 5.69 Å². The quantitative estimate of drug-likeness (QED) is 0.647. The minimum absolute atomic E-state index is 0.00141. The number of hydrogen-bond donors (Lipinski definition) is 2. The summed E-state index contributed by atoms with van der Waals surface area (Å²) >= 11 is 0. The number of nitrogens with zero attached hydrogens (tertiary/aromatic N) is 3. The molecule has 1 unspecified atom stereocenters. The van der Waals surface area contributed by atoms with Gasteiger partial charge in [0.05, 0.1) is 6.04 Å². The third-order valence-electron chi connectivity index (χ3n) is 6.09. The van der Waals surface area contributed by atoms with Crippen LogP contribution in [0.3, 0.4) is 0 Å². The van der Waals surface area contributed by atoms with Crippen molar-refractivity contribution in [2.45, 2.75) is 57.2 Å². The summed E-state index contributed by atoms with van der Waals surface area (Å²) in [5.41, 5.74) is 2.20. The molecule has 1 heterocycles. The molecule has 0 spiro atoms. The third kappa shape index (κ3) is 4.37. The molecule has 6 nitrogen and oxygen atoms in total. The molecule has 1 aliphatic carbocycles. The molecule has 2 N–H and O–H groups in total. The van der Waals surface area contributed by atoms with E-state index in [1.807, 2.05) is 54.1 Å². The Kier molecular flexibility index (Phi) is 5.84. The van der Waals surface area contributed by atoms with Crippen LogP contribution in [0, 0.1) is 6.92 Å². The molecule has 1 aliphatic rings. The van der Waals surface area contributed by atoms with Crippen molar-refractivity contribution in [2.24, 2.45) is 0 Å². The van der Waals surface area contributed by atoms with Crippen LogP contribution in [-0.2, 0) is 10.3 Å². The van der Waals surface area contributed by atoms with E-state index in [1.165, 1.54) is 5.56 Å². The Labute approximate surface area is 177 Å². The van der Waals surface area contributed by atoms with Crippen LogP contribution < -0.4 is 10.6 Å². The highest BCUT2D eigenvalue weighted by molar-refractivity contribution is 5.90. The van der Waals surface area contributed by atoms with Gasteiger partial charge in [0.25, 0.3) is 0 Å². The molecule has 4 rings (SSSR count). The number of benzene rings is 2. The average molecular weight is 404 g/mol. The summed E-state index contributed by atoms with van der Waals surface area (Å²) in [7, 11) is 0. The van der Waals surface area contributed by atoms with Crippen LogP contribution >= 0.6 is 0 Å². The summed E-state index contributed by atoms with van der Waals surface area (Å²) in [4.78, 5) is 17.6. The van der Waals surface area contributed by atoms with Crippen LogP contribution in [0.5, 0.6) is 0 Å². The molecule has 3 aromatic rings.